The van der Waals surface area contributed by atoms with E-state index in [1.165, 1.54) is 75.1 Å². The Balaban J connectivity index is 1.28. The van der Waals surface area contributed by atoms with Crippen LogP contribution in [-0.2, 0) is 5.41 Å². The predicted molar refractivity (Wildman–Crippen MR) is 159 cm³/mol. The van der Waals surface area contributed by atoms with Crippen LogP contribution in [0.1, 0.15) is 87.7 Å². The summed E-state index contributed by atoms with van der Waals surface area (Å²) in [5, 5.41) is 0. The molecule has 0 saturated heterocycles. The molecule has 0 aromatic heterocycles. The molecule has 0 N–H and O–H groups in total. The van der Waals surface area contributed by atoms with Crippen molar-refractivity contribution >= 4 is 31.9 Å². The Kier molecular flexibility index (Phi) is 5.14. The van der Waals surface area contributed by atoms with Crippen molar-refractivity contribution < 1.29 is 0 Å². The SMILES string of the molecule is Brc1ccc2c(c1)C1(C3CC(Br)CCC23)C2CCCCC2C2C3C=CCC4C3=C(CC21)C1CCC=CC14. The second kappa shape index (κ2) is 8.22. The summed E-state index contributed by atoms with van der Waals surface area (Å²) in [4.78, 5) is 0.709. The normalized spacial score (nSPS) is 50.4. The van der Waals surface area contributed by atoms with E-state index < -0.39 is 0 Å². The van der Waals surface area contributed by atoms with Crippen LogP contribution in [0.15, 0.2) is 58.1 Å². The molecule has 3 fully saturated rings. The molecule has 0 amide bonds. The molecule has 0 aliphatic heterocycles. The molecule has 8 aliphatic rings. The maximum atomic E-state index is 4.19. The lowest BCUT2D eigenvalue weighted by Crippen LogP contribution is -2.47. The number of halogens is 2. The maximum Gasteiger partial charge on any atom is 0.0178 e. The maximum absolute atomic E-state index is 4.19. The van der Waals surface area contributed by atoms with E-state index in [2.05, 4.69) is 74.4 Å². The summed E-state index contributed by atoms with van der Waals surface area (Å²) in [5.74, 6) is 8.41. The standard InChI is InChI=1S/C35H40Br2/c36-19-12-14-23-24-15-13-20(37)17-31(24)35(30(23)16-19)29-11-4-3-8-26(29)34-27-10-5-9-25-21-6-1-2-7-22(21)28(33(25)27)18-32(34)35/h1,5-6,10,12,14,16,20-22,24-27,29,31-32,34H,2-4,7-9,11,13,15,17-18H2. The topological polar surface area (TPSA) is 0 Å². The fourth-order valence-electron chi connectivity index (χ4n) is 12.7. The zero-order chi connectivity index (χ0) is 24.5. The van der Waals surface area contributed by atoms with Crippen molar-refractivity contribution in [3.63, 3.8) is 0 Å². The van der Waals surface area contributed by atoms with Gasteiger partial charge in [0.2, 0.25) is 0 Å². The van der Waals surface area contributed by atoms with Crippen LogP contribution in [0.2, 0.25) is 0 Å². The highest BCUT2D eigenvalue weighted by atomic mass is 79.9. The molecule has 1 aromatic carbocycles. The van der Waals surface area contributed by atoms with Gasteiger partial charge in [-0.05, 0) is 134 Å². The molecule has 9 rings (SSSR count). The van der Waals surface area contributed by atoms with E-state index in [0.29, 0.717) is 10.2 Å². The van der Waals surface area contributed by atoms with Crippen LogP contribution in [0, 0.1) is 53.3 Å². The van der Waals surface area contributed by atoms with Crippen molar-refractivity contribution in [2.24, 2.45) is 53.3 Å². The van der Waals surface area contributed by atoms with Gasteiger partial charge in [0, 0.05) is 20.6 Å². The molecule has 0 bridgehead atoms. The molecule has 2 heteroatoms. The summed E-state index contributed by atoms with van der Waals surface area (Å²) >= 11 is 8.16. The average Bonchev–Trinajstić information content (AvgIpc) is 3.51. The Bertz CT molecular complexity index is 1240. The first kappa shape index (κ1) is 23.1. The van der Waals surface area contributed by atoms with Crippen LogP contribution in [0.3, 0.4) is 0 Å². The quantitative estimate of drug-likeness (QED) is 0.200. The summed E-state index contributed by atoms with van der Waals surface area (Å²) in [6, 6.07) is 7.58. The van der Waals surface area contributed by atoms with Crippen molar-refractivity contribution in [3.8, 4) is 0 Å². The summed E-state index contributed by atoms with van der Waals surface area (Å²) in [7, 11) is 0. The lowest BCUT2D eigenvalue weighted by Gasteiger charge is -2.50. The minimum atomic E-state index is 0.397. The average molecular weight is 621 g/mol. The smallest absolute Gasteiger partial charge is 0.0178 e. The van der Waals surface area contributed by atoms with E-state index in [4.69, 9.17) is 0 Å². The van der Waals surface area contributed by atoms with Crippen LogP contribution in [-0.4, -0.2) is 4.83 Å². The van der Waals surface area contributed by atoms with E-state index >= 15 is 0 Å². The van der Waals surface area contributed by atoms with Crippen molar-refractivity contribution in [2.45, 2.75) is 86.8 Å². The fourth-order valence-corrected chi connectivity index (χ4v) is 13.7. The van der Waals surface area contributed by atoms with Gasteiger partial charge in [-0.2, -0.15) is 0 Å². The van der Waals surface area contributed by atoms with Gasteiger partial charge in [0.15, 0.2) is 0 Å². The van der Waals surface area contributed by atoms with Crippen LogP contribution < -0.4 is 0 Å². The summed E-state index contributed by atoms with van der Waals surface area (Å²) in [5.41, 5.74) is 7.95. The van der Waals surface area contributed by atoms with Gasteiger partial charge in [0.05, 0.1) is 0 Å². The number of fused-ring (bicyclic) bond motifs is 14. The Labute approximate surface area is 240 Å². The number of hydrogen-bond acceptors (Lipinski definition) is 0. The van der Waals surface area contributed by atoms with E-state index in [9.17, 15) is 0 Å². The lowest BCUT2D eigenvalue weighted by molar-refractivity contribution is 0.0853. The summed E-state index contributed by atoms with van der Waals surface area (Å²) < 4.78 is 1.32. The van der Waals surface area contributed by atoms with Gasteiger partial charge in [-0.25, -0.2) is 0 Å². The number of hydrogen-bond donors (Lipinski definition) is 0. The van der Waals surface area contributed by atoms with Crippen LogP contribution in [0.4, 0.5) is 0 Å². The third-order valence-corrected chi connectivity index (χ3v) is 14.7. The molecule has 37 heavy (non-hydrogen) atoms. The van der Waals surface area contributed by atoms with Crippen LogP contribution >= 0.6 is 31.9 Å². The van der Waals surface area contributed by atoms with Crippen LogP contribution in [0.5, 0.6) is 0 Å². The van der Waals surface area contributed by atoms with Gasteiger partial charge in [0.25, 0.3) is 0 Å². The molecule has 0 radical (unpaired) electrons. The zero-order valence-electron chi connectivity index (χ0n) is 21.9. The first-order chi connectivity index (χ1) is 18.2. The minimum absolute atomic E-state index is 0.397. The third-order valence-electron chi connectivity index (χ3n) is 13.4. The van der Waals surface area contributed by atoms with Crippen molar-refractivity contribution in [1.29, 1.82) is 0 Å². The highest BCUT2D eigenvalue weighted by Gasteiger charge is 2.70. The van der Waals surface area contributed by atoms with Gasteiger partial charge in [-0.1, -0.05) is 86.2 Å². The number of allylic oxidation sites excluding steroid dienone is 6. The number of alkyl halides is 1. The minimum Gasteiger partial charge on any atom is -0.0891 e. The molecule has 12 atom stereocenters. The molecule has 194 valence electrons. The largest absolute Gasteiger partial charge is 0.0891 e. The molecule has 0 heterocycles. The van der Waals surface area contributed by atoms with Crippen molar-refractivity contribution in [1.82, 2.24) is 0 Å². The highest BCUT2D eigenvalue weighted by Crippen LogP contribution is 2.76. The number of benzene rings is 1. The Morgan fingerprint density at radius 3 is 2.70 bits per heavy atom. The fraction of sp³-hybridized carbons (Fsp3) is 0.657. The molecule has 0 nitrogen and oxygen atoms in total. The van der Waals surface area contributed by atoms with E-state index in [0.717, 1.165) is 59.2 Å². The molecular formula is C35H40Br2. The first-order valence-electron chi connectivity index (χ1n) is 15.7. The van der Waals surface area contributed by atoms with Crippen molar-refractivity contribution in [3.05, 3.63) is 69.2 Å². The van der Waals surface area contributed by atoms with Gasteiger partial charge in [0.1, 0.15) is 0 Å². The van der Waals surface area contributed by atoms with Gasteiger partial charge in [-0.15, -0.1) is 0 Å². The lowest BCUT2D eigenvalue weighted by atomic mass is 9.54. The van der Waals surface area contributed by atoms with Gasteiger partial charge >= 0.3 is 0 Å². The second-order valence-electron chi connectivity index (χ2n) is 14.2. The molecular weight excluding hydrogens is 580 g/mol. The van der Waals surface area contributed by atoms with E-state index in [1.54, 1.807) is 5.56 Å². The molecule has 8 aliphatic carbocycles. The highest BCUT2D eigenvalue weighted by molar-refractivity contribution is 9.10. The number of rotatable bonds is 0. The Hall–Kier alpha value is -0.600. The van der Waals surface area contributed by atoms with Crippen molar-refractivity contribution in [2.75, 3.05) is 0 Å². The van der Waals surface area contributed by atoms with Gasteiger partial charge in [-0.3, -0.25) is 0 Å². The Morgan fingerprint density at radius 2 is 1.76 bits per heavy atom. The monoisotopic (exact) mass is 618 g/mol. The molecule has 3 saturated carbocycles. The van der Waals surface area contributed by atoms with Gasteiger partial charge < -0.3 is 0 Å². The molecule has 1 aromatic rings. The Morgan fingerprint density at radius 1 is 0.838 bits per heavy atom. The predicted octanol–water partition coefficient (Wildman–Crippen LogP) is 9.89. The molecule has 12 unspecified atom stereocenters. The second-order valence-corrected chi connectivity index (χ2v) is 16.4. The van der Waals surface area contributed by atoms with Crippen LogP contribution in [0.25, 0.3) is 0 Å². The van der Waals surface area contributed by atoms with E-state index in [1.807, 2.05) is 16.7 Å². The summed E-state index contributed by atoms with van der Waals surface area (Å²) in [6.45, 7) is 0. The summed E-state index contributed by atoms with van der Waals surface area (Å²) in [6.07, 6.45) is 26.1. The molecule has 1 spiro atoms. The third kappa shape index (κ3) is 2.87. The first-order valence-corrected chi connectivity index (χ1v) is 17.4. The zero-order valence-corrected chi connectivity index (χ0v) is 25.1. The van der Waals surface area contributed by atoms with E-state index in [-0.39, 0.29) is 0 Å².